The van der Waals surface area contributed by atoms with Gasteiger partial charge in [-0.15, -0.1) is 0 Å². The third-order valence-corrected chi connectivity index (χ3v) is 15.3. The molecular formula is C47H63N5O11Si2. The highest BCUT2D eigenvalue weighted by Gasteiger charge is 2.45. The van der Waals surface area contributed by atoms with E-state index in [2.05, 4.69) is 39.3 Å². The van der Waals surface area contributed by atoms with Gasteiger partial charge >= 0.3 is 0 Å². The highest BCUT2D eigenvalue weighted by Crippen LogP contribution is 2.45. The van der Waals surface area contributed by atoms with Crippen LogP contribution in [0.3, 0.4) is 0 Å². The van der Waals surface area contributed by atoms with Crippen molar-refractivity contribution in [1.29, 1.82) is 0 Å². The molecule has 3 aromatic rings. The lowest BCUT2D eigenvalue weighted by atomic mass is 10.0. The maximum absolute atomic E-state index is 14.5. The monoisotopic (exact) mass is 929 g/mol. The molecule has 18 heteroatoms. The number of anilines is 3. The van der Waals surface area contributed by atoms with Gasteiger partial charge in [-0.3, -0.25) is 24.2 Å². The van der Waals surface area contributed by atoms with E-state index in [0.29, 0.717) is 71.7 Å². The van der Waals surface area contributed by atoms with Crippen LogP contribution >= 0.6 is 0 Å². The zero-order valence-electron chi connectivity index (χ0n) is 38.7. The normalized spacial score (nSPS) is 19.5. The van der Waals surface area contributed by atoms with Crippen LogP contribution in [-0.4, -0.2) is 120 Å². The molecule has 0 saturated carbocycles. The number of benzene rings is 3. The molecule has 4 aliphatic heterocycles. The van der Waals surface area contributed by atoms with Crippen LogP contribution in [0.2, 0.25) is 51.4 Å². The first kappa shape index (κ1) is 47.4. The predicted octanol–water partition coefficient (Wildman–Crippen LogP) is 7.17. The number of nitrogens with zero attached hydrogens (tertiary/aromatic N) is 4. The molecule has 16 nitrogen and oxygen atoms in total. The average molecular weight is 930 g/mol. The minimum absolute atomic E-state index is 0.00599. The minimum Gasteiger partial charge on any atom is -0.511 e. The molecule has 4 N–H and O–H groups in total. The lowest BCUT2D eigenvalue weighted by Crippen LogP contribution is -2.45. The summed E-state index contributed by atoms with van der Waals surface area (Å²) < 4.78 is 36.2. The van der Waals surface area contributed by atoms with E-state index in [-0.39, 0.29) is 62.1 Å². The average Bonchev–Trinajstić information content (AvgIpc) is 3.86. The summed E-state index contributed by atoms with van der Waals surface area (Å²) in [6, 6.07) is 14.2. The molecule has 0 aliphatic carbocycles. The molecule has 3 aromatic carbocycles. The second-order valence-electron chi connectivity index (χ2n) is 19.2. The summed E-state index contributed by atoms with van der Waals surface area (Å²) in [6.45, 7) is 14.7. The van der Waals surface area contributed by atoms with Crippen molar-refractivity contribution >= 4 is 56.5 Å². The molecule has 0 saturated heterocycles. The Morgan fingerprint density at radius 2 is 1.25 bits per heavy atom. The van der Waals surface area contributed by atoms with Crippen molar-refractivity contribution in [2.45, 2.75) is 88.9 Å². The molecule has 0 spiro atoms. The number of ether oxygens (including phenoxy) is 6. The van der Waals surface area contributed by atoms with Gasteiger partial charge in [-0.1, -0.05) is 51.4 Å². The summed E-state index contributed by atoms with van der Waals surface area (Å²) in [5.41, 5.74) is 9.74. The minimum atomic E-state index is -1.43. The summed E-state index contributed by atoms with van der Waals surface area (Å²) >= 11 is 0. The van der Waals surface area contributed by atoms with Crippen LogP contribution in [0.4, 0.5) is 17.1 Å². The summed E-state index contributed by atoms with van der Waals surface area (Å²) in [4.78, 5) is 48.9. The van der Waals surface area contributed by atoms with E-state index in [0.717, 1.165) is 23.2 Å². The van der Waals surface area contributed by atoms with Crippen LogP contribution in [0.1, 0.15) is 47.0 Å². The van der Waals surface area contributed by atoms with E-state index >= 15 is 0 Å². The molecule has 0 fully saturated rings. The first-order valence-corrected chi connectivity index (χ1v) is 29.5. The highest BCUT2D eigenvalue weighted by molar-refractivity contribution is 6.76. The smallest absolute Gasteiger partial charge is 0.260 e. The number of aliphatic hydroxyl groups excluding tert-OH is 2. The van der Waals surface area contributed by atoms with Crippen molar-refractivity contribution in [2.75, 3.05) is 69.6 Å². The van der Waals surface area contributed by atoms with Crippen molar-refractivity contribution in [1.82, 2.24) is 9.80 Å². The maximum Gasteiger partial charge on any atom is 0.260 e. The first-order chi connectivity index (χ1) is 30.9. The van der Waals surface area contributed by atoms with Gasteiger partial charge in [-0.25, -0.2) is 0 Å². The number of fused-ring (bicyclic) bond motifs is 4. The van der Waals surface area contributed by atoms with Crippen molar-refractivity contribution < 1.29 is 53.0 Å². The predicted molar refractivity (Wildman–Crippen MR) is 254 cm³/mol. The molecule has 3 atom stereocenters. The topological polar surface area (TPSA) is 186 Å². The van der Waals surface area contributed by atoms with Crippen molar-refractivity contribution in [3.05, 3.63) is 83.4 Å². The van der Waals surface area contributed by atoms with Crippen LogP contribution in [0, 0.1) is 0 Å². The van der Waals surface area contributed by atoms with Crippen molar-refractivity contribution in [3.8, 4) is 23.0 Å². The Kier molecular flexibility index (Phi) is 14.2. The third kappa shape index (κ3) is 10.6. The first-order valence-electron chi connectivity index (χ1n) is 22.1. The van der Waals surface area contributed by atoms with E-state index < -0.39 is 34.5 Å². The summed E-state index contributed by atoms with van der Waals surface area (Å²) in [6.07, 6.45) is 2.68. The summed E-state index contributed by atoms with van der Waals surface area (Å²) in [5.74, 6) is 0.399. The zero-order valence-corrected chi connectivity index (χ0v) is 40.7. The van der Waals surface area contributed by atoms with Gasteiger partial charge in [0, 0.05) is 84.4 Å². The number of hydrogen-bond acceptors (Lipinski definition) is 13. The molecule has 4 heterocycles. The third-order valence-electron chi connectivity index (χ3n) is 11.9. The van der Waals surface area contributed by atoms with Crippen LogP contribution in [0.5, 0.6) is 23.0 Å². The van der Waals surface area contributed by atoms with Crippen LogP contribution in [0.15, 0.2) is 66.7 Å². The molecule has 0 aromatic heterocycles. The number of methoxy groups -OCH3 is 2. The van der Waals surface area contributed by atoms with Gasteiger partial charge in [0.15, 0.2) is 29.2 Å². The molecule has 1 unspecified atom stereocenters. The number of carbonyl (C=O) groups excluding carboxylic acids is 3. The van der Waals surface area contributed by atoms with Gasteiger partial charge in [-0.2, -0.15) is 0 Å². The SMILES string of the molecule is COc1cc2c(cc1OCCCOc1cc3c(cc1OC)C(O)N1C=C(O)C[C@H]1C(=O)N3COCC[Si](C)(C)C)N(COCC[Si](C)(C)C)C(=O)[C@@H]1CC(c3ccc(N)cc3)=CN1C2=O. The fraction of sp³-hybridized carbons (Fsp3) is 0.468. The van der Waals surface area contributed by atoms with Gasteiger partial charge in [0.1, 0.15) is 31.3 Å². The number of hydrogen-bond donors (Lipinski definition) is 3. The molecular weight excluding hydrogens is 867 g/mol. The number of nitrogens with two attached hydrogens (primary N) is 1. The van der Waals surface area contributed by atoms with Crippen molar-refractivity contribution in [2.24, 2.45) is 0 Å². The Bertz CT molecular complexity index is 2330. The number of amides is 3. The number of nitrogen functional groups attached to an aromatic ring is 1. The van der Waals surface area contributed by atoms with E-state index in [1.165, 1.54) is 40.0 Å². The molecule has 65 heavy (non-hydrogen) atoms. The summed E-state index contributed by atoms with van der Waals surface area (Å²) in [5, 5.41) is 21.9. The number of carbonyl (C=O) groups is 3. The Balaban J connectivity index is 1.10. The lowest BCUT2D eigenvalue weighted by molar-refractivity contribution is -0.126. The molecule has 4 aliphatic rings. The number of aliphatic hydroxyl groups is 2. The largest absolute Gasteiger partial charge is 0.511 e. The number of rotatable bonds is 19. The Morgan fingerprint density at radius 3 is 1.83 bits per heavy atom. The van der Waals surface area contributed by atoms with E-state index in [4.69, 9.17) is 34.2 Å². The fourth-order valence-electron chi connectivity index (χ4n) is 8.14. The van der Waals surface area contributed by atoms with Crippen molar-refractivity contribution in [3.63, 3.8) is 0 Å². The van der Waals surface area contributed by atoms with Crippen LogP contribution in [-0.2, 0) is 19.1 Å². The highest BCUT2D eigenvalue weighted by atomic mass is 28.3. The van der Waals surface area contributed by atoms with Crippen LogP contribution in [0.25, 0.3) is 5.57 Å². The van der Waals surface area contributed by atoms with E-state index in [1.807, 2.05) is 12.1 Å². The lowest BCUT2D eigenvalue weighted by Gasteiger charge is -2.27. The Labute approximate surface area is 383 Å². The van der Waals surface area contributed by atoms with E-state index in [9.17, 15) is 24.6 Å². The molecule has 3 amide bonds. The van der Waals surface area contributed by atoms with Crippen LogP contribution < -0.4 is 34.5 Å². The Hall–Kier alpha value is -5.54. The summed E-state index contributed by atoms with van der Waals surface area (Å²) in [7, 11) is 0.142. The quantitative estimate of drug-likeness (QED) is 0.0625. The van der Waals surface area contributed by atoms with Gasteiger partial charge < -0.3 is 54.2 Å². The molecule has 350 valence electrons. The molecule has 0 bridgehead atoms. The fourth-order valence-corrected chi connectivity index (χ4v) is 9.65. The molecule has 7 rings (SSSR count). The van der Waals surface area contributed by atoms with Gasteiger partial charge in [0.05, 0.1) is 44.4 Å². The van der Waals surface area contributed by atoms with E-state index in [1.54, 1.807) is 42.6 Å². The maximum atomic E-state index is 14.5. The molecule has 0 radical (unpaired) electrons. The standard InChI is InChI=1S/C47H63N5O11Si2/c1-58-40-22-34-36(51(28-60-16-18-64(3,4)5)46(56)38-20-31(26-49(38)44(34)54)30-10-12-32(48)13-11-30)24-42(40)62-14-9-15-63-43-25-37-35(23-41(43)59-2)45(55)50-27-33(53)21-39(50)47(57)52(37)29-61-17-19-65(6,7)8/h10-13,22-27,38-39,45,53,55H,9,14-21,28-29,48H2,1-8H3/t38-,39-,45?/m0/s1. The zero-order chi connectivity index (χ0) is 46.8. The van der Waals surface area contributed by atoms with Gasteiger partial charge in [0.2, 0.25) is 0 Å². The van der Waals surface area contributed by atoms with Gasteiger partial charge in [-0.05, 0) is 47.5 Å². The second kappa shape index (κ2) is 19.5. The van der Waals surface area contributed by atoms with Gasteiger partial charge in [0.25, 0.3) is 17.7 Å². The Morgan fingerprint density at radius 1 is 0.692 bits per heavy atom. The second-order valence-corrected chi connectivity index (χ2v) is 30.5.